The van der Waals surface area contributed by atoms with Gasteiger partial charge in [0.25, 0.3) is 0 Å². The fourth-order valence-electron chi connectivity index (χ4n) is 2.84. The van der Waals surface area contributed by atoms with Gasteiger partial charge in [-0.1, -0.05) is 0 Å². The summed E-state index contributed by atoms with van der Waals surface area (Å²) in [6.45, 7) is 8.72. The maximum Gasteiger partial charge on any atom is 0.361 e. The molecule has 0 bridgehead atoms. The normalized spacial score (nSPS) is 31.8. The number of hydroxylamine groups is 2. The molecule has 0 unspecified atom stereocenters. The highest BCUT2D eigenvalue weighted by Crippen LogP contribution is 2.59. The first-order valence-corrected chi connectivity index (χ1v) is 8.39. The van der Waals surface area contributed by atoms with E-state index in [-0.39, 0.29) is 5.54 Å². The molecule has 0 amide bonds. The highest BCUT2D eigenvalue weighted by molar-refractivity contribution is 7.54. The van der Waals surface area contributed by atoms with Gasteiger partial charge in [0.2, 0.25) is 0 Å². The van der Waals surface area contributed by atoms with Crippen molar-refractivity contribution in [3.05, 3.63) is 0 Å². The van der Waals surface area contributed by atoms with Crippen LogP contribution >= 0.6 is 7.60 Å². The topological polar surface area (TPSA) is 48.0 Å². The average molecular weight is 277 g/mol. The molecular weight excluding hydrogens is 253 g/mol. The molecule has 0 aromatic carbocycles. The molecule has 0 radical (unpaired) electrons. The Kier molecular flexibility index (Phi) is 4.20. The highest BCUT2D eigenvalue weighted by atomic mass is 31.2. The molecular formula is C12H24NO4P. The largest absolute Gasteiger partial charge is 0.361 e. The van der Waals surface area contributed by atoms with Crippen molar-refractivity contribution in [1.29, 1.82) is 0 Å². The van der Waals surface area contributed by atoms with Gasteiger partial charge in [0.05, 0.1) is 13.2 Å². The molecule has 6 heteroatoms. The predicted molar refractivity (Wildman–Crippen MR) is 69.3 cm³/mol. The van der Waals surface area contributed by atoms with Crippen LogP contribution in [0.25, 0.3) is 0 Å². The van der Waals surface area contributed by atoms with E-state index in [0.717, 1.165) is 19.3 Å². The standard InChI is InChI=1S/C12H24NO4P/c1-5-15-18(14,16-6-2)11-9-10-7-8-12(3,4)13(10)17-11/h10-11H,5-9H2,1-4H3/t10-,11-/m1/s1. The van der Waals surface area contributed by atoms with E-state index in [0.29, 0.717) is 19.3 Å². The van der Waals surface area contributed by atoms with Crippen LogP contribution in [0.5, 0.6) is 0 Å². The molecule has 0 aromatic rings. The zero-order valence-electron chi connectivity index (χ0n) is 11.7. The lowest BCUT2D eigenvalue weighted by Gasteiger charge is -2.31. The van der Waals surface area contributed by atoms with E-state index in [1.54, 1.807) is 0 Å². The lowest BCUT2D eigenvalue weighted by atomic mass is 10.0. The zero-order chi connectivity index (χ0) is 13.4. The predicted octanol–water partition coefficient (Wildman–Crippen LogP) is 3.16. The first-order valence-electron chi connectivity index (χ1n) is 6.78. The van der Waals surface area contributed by atoms with E-state index in [2.05, 4.69) is 13.8 Å². The maximum absolute atomic E-state index is 12.7. The van der Waals surface area contributed by atoms with Gasteiger partial charge in [0.1, 0.15) is 0 Å². The van der Waals surface area contributed by atoms with Crippen LogP contribution in [-0.2, 0) is 18.5 Å². The summed E-state index contributed by atoms with van der Waals surface area (Å²) in [5.41, 5.74) is 0.0165. The van der Waals surface area contributed by atoms with Gasteiger partial charge < -0.3 is 9.05 Å². The van der Waals surface area contributed by atoms with Crippen molar-refractivity contribution in [2.75, 3.05) is 13.2 Å². The summed E-state index contributed by atoms with van der Waals surface area (Å²) in [4.78, 5) is 5.89. The number of fused-ring (bicyclic) bond motifs is 1. The maximum atomic E-state index is 12.7. The van der Waals surface area contributed by atoms with Gasteiger partial charge in [0.15, 0.2) is 5.85 Å². The third-order valence-electron chi connectivity index (χ3n) is 3.70. The third kappa shape index (κ3) is 2.52. The summed E-state index contributed by atoms with van der Waals surface area (Å²) in [6, 6.07) is 0.347. The second-order valence-electron chi connectivity index (χ2n) is 5.50. The fraction of sp³-hybridized carbons (Fsp3) is 1.00. The molecule has 0 spiro atoms. The molecule has 2 fully saturated rings. The minimum Gasteiger partial charge on any atom is -0.307 e. The fourth-order valence-corrected chi connectivity index (χ4v) is 4.69. The van der Waals surface area contributed by atoms with Gasteiger partial charge in [0, 0.05) is 18.0 Å². The summed E-state index contributed by atoms with van der Waals surface area (Å²) in [5, 5.41) is 2.00. The smallest absolute Gasteiger partial charge is 0.307 e. The molecule has 0 N–H and O–H groups in total. The second-order valence-corrected chi connectivity index (χ2v) is 7.67. The van der Waals surface area contributed by atoms with Crippen LogP contribution in [0.4, 0.5) is 0 Å². The summed E-state index contributed by atoms with van der Waals surface area (Å²) in [7, 11) is -3.14. The lowest BCUT2D eigenvalue weighted by Crippen LogP contribution is -2.38. The molecule has 18 heavy (non-hydrogen) atoms. The Morgan fingerprint density at radius 2 is 1.94 bits per heavy atom. The summed E-state index contributed by atoms with van der Waals surface area (Å²) in [6.07, 6.45) is 2.93. The summed E-state index contributed by atoms with van der Waals surface area (Å²) < 4.78 is 23.4. The number of hydrogen-bond donors (Lipinski definition) is 0. The molecule has 2 aliphatic heterocycles. The minimum atomic E-state index is -3.14. The Balaban J connectivity index is 2.10. The molecule has 5 nitrogen and oxygen atoms in total. The third-order valence-corrected chi connectivity index (χ3v) is 5.94. The highest BCUT2D eigenvalue weighted by Gasteiger charge is 2.53. The van der Waals surface area contributed by atoms with Crippen LogP contribution < -0.4 is 0 Å². The van der Waals surface area contributed by atoms with Gasteiger partial charge >= 0.3 is 7.60 Å². The number of rotatable bonds is 5. The van der Waals surface area contributed by atoms with Gasteiger partial charge in [-0.05, 0) is 40.5 Å². The Morgan fingerprint density at radius 3 is 2.44 bits per heavy atom. The van der Waals surface area contributed by atoms with Crippen molar-refractivity contribution >= 4 is 7.60 Å². The quantitative estimate of drug-likeness (QED) is 0.722. The van der Waals surface area contributed by atoms with Crippen LogP contribution in [0.1, 0.15) is 47.0 Å². The molecule has 0 saturated carbocycles. The van der Waals surface area contributed by atoms with E-state index >= 15 is 0 Å². The van der Waals surface area contributed by atoms with E-state index in [4.69, 9.17) is 13.9 Å². The number of hydrogen-bond acceptors (Lipinski definition) is 5. The van der Waals surface area contributed by atoms with E-state index in [1.807, 2.05) is 18.9 Å². The van der Waals surface area contributed by atoms with Crippen LogP contribution in [-0.4, -0.2) is 35.7 Å². The van der Waals surface area contributed by atoms with Crippen LogP contribution in [0.3, 0.4) is 0 Å². The monoisotopic (exact) mass is 277 g/mol. The van der Waals surface area contributed by atoms with Crippen LogP contribution in [0.2, 0.25) is 0 Å². The molecule has 2 aliphatic rings. The minimum absolute atomic E-state index is 0.0165. The molecule has 2 atom stereocenters. The molecule has 2 rings (SSSR count). The summed E-state index contributed by atoms with van der Waals surface area (Å²) in [5.74, 6) is -0.443. The lowest BCUT2D eigenvalue weighted by molar-refractivity contribution is -0.184. The van der Waals surface area contributed by atoms with Gasteiger partial charge in [-0.25, -0.2) is 0 Å². The van der Waals surface area contributed by atoms with Crippen molar-refractivity contribution in [2.24, 2.45) is 0 Å². The Hall–Kier alpha value is 0.0700. The second kappa shape index (κ2) is 5.22. The van der Waals surface area contributed by atoms with Gasteiger partial charge in [-0.2, -0.15) is 5.06 Å². The molecule has 2 heterocycles. The first-order chi connectivity index (χ1) is 8.43. The molecule has 2 saturated heterocycles. The van der Waals surface area contributed by atoms with Crippen LogP contribution in [0, 0.1) is 0 Å². The average Bonchev–Trinajstić information content (AvgIpc) is 2.82. The van der Waals surface area contributed by atoms with Crippen molar-refractivity contribution in [1.82, 2.24) is 5.06 Å². The Morgan fingerprint density at radius 1 is 1.33 bits per heavy atom. The molecule has 0 aliphatic carbocycles. The number of nitrogens with zero attached hydrogens (tertiary/aromatic N) is 1. The van der Waals surface area contributed by atoms with Gasteiger partial charge in [-0.3, -0.25) is 9.40 Å². The summed E-state index contributed by atoms with van der Waals surface area (Å²) >= 11 is 0. The van der Waals surface area contributed by atoms with Gasteiger partial charge in [-0.15, -0.1) is 0 Å². The Bertz CT molecular complexity index is 337. The molecule has 106 valence electrons. The van der Waals surface area contributed by atoms with E-state index in [1.165, 1.54) is 0 Å². The van der Waals surface area contributed by atoms with Crippen LogP contribution in [0.15, 0.2) is 0 Å². The Labute approximate surface area is 109 Å². The van der Waals surface area contributed by atoms with Crippen molar-refractivity contribution in [3.8, 4) is 0 Å². The first kappa shape index (κ1) is 14.5. The SMILES string of the molecule is CCOP(=O)(OCC)[C@@H]1C[C@H]2CCC(C)(C)N2O1. The van der Waals surface area contributed by atoms with Crippen molar-refractivity contribution < 1.29 is 18.5 Å². The zero-order valence-corrected chi connectivity index (χ0v) is 12.6. The van der Waals surface area contributed by atoms with E-state index < -0.39 is 13.4 Å². The van der Waals surface area contributed by atoms with Crippen molar-refractivity contribution in [3.63, 3.8) is 0 Å². The van der Waals surface area contributed by atoms with E-state index in [9.17, 15) is 4.57 Å². The molecule has 0 aromatic heterocycles. The van der Waals surface area contributed by atoms with Crippen molar-refractivity contribution in [2.45, 2.75) is 64.4 Å².